The van der Waals surface area contributed by atoms with Crippen molar-refractivity contribution in [3.63, 3.8) is 0 Å². The first-order valence-electron chi connectivity index (χ1n) is 6.33. The molecule has 0 radical (unpaired) electrons. The minimum atomic E-state index is -0.151. The second-order valence-electron chi connectivity index (χ2n) is 4.32. The van der Waals surface area contributed by atoms with Gasteiger partial charge in [0.1, 0.15) is 5.75 Å². The van der Waals surface area contributed by atoms with Gasteiger partial charge in [-0.15, -0.1) is 11.3 Å². The summed E-state index contributed by atoms with van der Waals surface area (Å²) in [5, 5.41) is 3.31. The van der Waals surface area contributed by atoms with Crippen LogP contribution < -0.4 is 10.1 Å². The van der Waals surface area contributed by atoms with Crippen molar-refractivity contribution in [2.45, 2.75) is 0 Å². The smallest absolute Gasteiger partial charge is 0.264 e. The maximum Gasteiger partial charge on any atom is 0.264 e. The number of amidine groups is 1. The van der Waals surface area contributed by atoms with Crippen molar-refractivity contribution in [3.8, 4) is 5.75 Å². The Balaban J connectivity index is 1.78. The van der Waals surface area contributed by atoms with Crippen LogP contribution in [0.15, 0.2) is 46.3 Å². The van der Waals surface area contributed by atoms with Crippen molar-refractivity contribution in [2.75, 3.05) is 7.11 Å². The van der Waals surface area contributed by atoms with Crippen LogP contribution in [0.5, 0.6) is 5.75 Å². The predicted molar refractivity (Wildman–Crippen MR) is 93.1 cm³/mol. The van der Waals surface area contributed by atoms with Gasteiger partial charge in [0.05, 0.1) is 22.0 Å². The summed E-state index contributed by atoms with van der Waals surface area (Å²) in [5.41, 5.74) is 0.754. The van der Waals surface area contributed by atoms with Crippen molar-refractivity contribution in [1.29, 1.82) is 0 Å². The molecule has 1 amide bonds. The molecule has 2 aromatic rings. The number of rotatable bonds is 3. The number of thiophene rings is 1. The van der Waals surface area contributed by atoms with Crippen LogP contribution in [0.1, 0.15) is 4.88 Å². The summed E-state index contributed by atoms with van der Waals surface area (Å²) >= 11 is 8.63. The lowest BCUT2D eigenvalue weighted by molar-refractivity contribution is -0.115. The van der Waals surface area contributed by atoms with Crippen LogP contribution in [0.3, 0.4) is 0 Å². The Morgan fingerprint density at radius 2 is 2.00 bits per heavy atom. The van der Waals surface area contributed by atoms with Gasteiger partial charge in [-0.3, -0.25) is 4.79 Å². The van der Waals surface area contributed by atoms with Gasteiger partial charge in [-0.05, 0) is 54.2 Å². The van der Waals surface area contributed by atoms with E-state index in [1.165, 1.54) is 23.1 Å². The zero-order valence-corrected chi connectivity index (χ0v) is 13.9. The van der Waals surface area contributed by atoms with E-state index in [-0.39, 0.29) is 5.91 Å². The molecule has 0 aliphatic carbocycles. The molecule has 1 aliphatic rings. The molecule has 2 heterocycles. The molecule has 1 fully saturated rings. The number of hydrogen-bond acceptors (Lipinski definition) is 5. The Labute approximate surface area is 140 Å². The summed E-state index contributed by atoms with van der Waals surface area (Å²) < 4.78 is 5.80. The topological polar surface area (TPSA) is 50.7 Å². The van der Waals surface area contributed by atoms with E-state index in [0.717, 1.165) is 16.3 Å². The van der Waals surface area contributed by atoms with Crippen LogP contribution in [0.2, 0.25) is 4.34 Å². The molecule has 0 unspecified atom stereocenters. The number of amides is 1. The normalized spacial score (nSPS) is 18.0. The average molecular weight is 351 g/mol. The van der Waals surface area contributed by atoms with Crippen molar-refractivity contribution in [1.82, 2.24) is 5.32 Å². The fourth-order valence-corrected chi connectivity index (χ4v) is 3.70. The molecule has 0 atom stereocenters. The van der Waals surface area contributed by atoms with E-state index in [1.807, 2.05) is 42.5 Å². The van der Waals surface area contributed by atoms with E-state index in [0.29, 0.717) is 14.4 Å². The van der Waals surface area contributed by atoms with Gasteiger partial charge in [-0.2, -0.15) is 0 Å². The number of hydrogen-bond donors (Lipinski definition) is 1. The fourth-order valence-electron chi connectivity index (χ4n) is 1.79. The lowest BCUT2D eigenvalue weighted by atomic mass is 10.3. The van der Waals surface area contributed by atoms with Gasteiger partial charge in [0.15, 0.2) is 5.17 Å². The van der Waals surface area contributed by atoms with Gasteiger partial charge in [-0.1, -0.05) is 11.6 Å². The zero-order valence-electron chi connectivity index (χ0n) is 11.5. The summed E-state index contributed by atoms with van der Waals surface area (Å²) in [6.07, 6.45) is 1.81. The number of nitrogens with zero attached hydrogens (tertiary/aromatic N) is 1. The molecule has 112 valence electrons. The fraction of sp³-hybridized carbons (Fsp3) is 0.0667. The molecule has 1 aromatic carbocycles. The van der Waals surface area contributed by atoms with Crippen molar-refractivity contribution < 1.29 is 9.53 Å². The predicted octanol–water partition coefficient (Wildman–Crippen LogP) is 4.30. The number of ether oxygens (including phenoxy) is 1. The van der Waals surface area contributed by atoms with Gasteiger partial charge in [0, 0.05) is 4.88 Å². The molecular formula is C15H11ClN2O2S2. The van der Waals surface area contributed by atoms with E-state index in [4.69, 9.17) is 16.3 Å². The standard InChI is InChI=1S/C15H11ClN2O2S2/c1-20-10-4-2-9(3-5-10)17-15-18-14(19)12(22-15)8-11-6-7-13(16)21-11/h2-8H,1H3,(H,17,18,19)/b12-8+. The quantitative estimate of drug-likeness (QED) is 0.839. The number of thioether (sulfide) groups is 1. The molecule has 22 heavy (non-hydrogen) atoms. The number of methoxy groups -OCH3 is 1. The van der Waals surface area contributed by atoms with Gasteiger partial charge >= 0.3 is 0 Å². The lowest BCUT2D eigenvalue weighted by Crippen LogP contribution is -2.19. The highest BCUT2D eigenvalue weighted by Crippen LogP contribution is 2.31. The molecule has 4 nitrogen and oxygen atoms in total. The first-order chi connectivity index (χ1) is 10.6. The first kappa shape index (κ1) is 15.1. The molecule has 0 bridgehead atoms. The van der Waals surface area contributed by atoms with Gasteiger partial charge < -0.3 is 10.1 Å². The molecule has 1 aliphatic heterocycles. The summed E-state index contributed by atoms with van der Waals surface area (Å²) in [4.78, 5) is 17.9. The maximum atomic E-state index is 12.0. The largest absolute Gasteiger partial charge is 0.497 e. The molecule has 1 N–H and O–H groups in total. The van der Waals surface area contributed by atoms with Crippen molar-refractivity contribution >= 4 is 57.5 Å². The zero-order chi connectivity index (χ0) is 15.5. The average Bonchev–Trinajstić information content (AvgIpc) is 3.06. The van der Waals surface area contributed by atoms with Crippen LogP contribution >= 0.6 is 34.7 Å². The Bertz CT molecular complexity index is 766. The minimum Gasteiger partial charge on any atom is -0.497 e. The van der Waals surface area contributed by atoms with Gasteiger partial charge in [-0.25, -0.2) is 4.99 Å². The summed E-state index contributed by atoms with van der Waals surface area (Å²) in [6, 6.07) is 11.0. The van der Waals surface area contributed by atoms with E-state index >= 15 is 0 Å². The molecular weight excluding hydrogens is 340 g/mol. The third-order valence-corrected chi connectivity index (χ3v) is 4.91. The Morgan fingerprint density at radius 1 is 1.23 bits per heavy atom. The highest BCUT2D eigenvalue weighted by Gasteiger charge is 2.23. The Kier molecular flexibility index (Phi) is 4.52. The van der Waals surface area contributed by atoms with Crippen LogP contribution in [0.4, 0.5) is 5.69 Å². The van der Waals surface area contributed by atoms with E-state index < -0.39 is 0 Å². The molecule has 7 heteroatoms. The number of carbonyl (C=O) groups excluding carboxylic acids is 1. The van der Waals surface area contributed by atoms with Crippen molar-refractivity contribution in [2.24, 2.45) is 4.99 Å². The number of halogens is 1. The van der Waals surface area contributed by atoms with E-state index in [1.54, 1.807) is 7.11 Å². The monoisotopic (exact) mass is 350 g/mol. The third-order valence-electron chi connectivity index (χ3n) is 2.82. The highest BCUT2D eigenvalue weighted by atomic mass is 35.5. The number of benzene rings is 1. The summed E-state index contributed by atoms with van der Waals surface area (Å²) in [6.45, 7) is 0. The van der Waals surface area contributed by atoms with Gasteiger partial charge in [0.2, 0.25) is 0 Å². The Morgan fingerprint density at radius 3 is 2.64 bits per heavy atom. The molecule has 1 aromatic heterocycles. The number of aliphatic imine (C=N–C) groups is 1. The second kappa shape index (κ2) is 6.56. The van der Waals surface area contributed by atoms with Crippen LogP contribution in [-0.2, 0) is 4.79 Å². The van der Waals surface area contributed by atoms with E-state index in [2.05, 4.69) is 10.3 Å². The summed E-state index contributed by atoms with van der Waals surface area (Å²) in [5.74, 6) is 0.615. The number of carbonyl (C=O) groups is 1. The SMILES string of the molecule is COc1ccc(N=C2NC(=O)/C(=C\c3ccc(Cl)s3)S2)cc1. The molecule has 0 spiro atoms. The molecule has 1 saturated heterocycles. The third kappa shape index (κ3) is 3.52. The maximum absolute atomic E-state index is 12.0. The highest BCUT2D eigenvalue weighted by molar-refractivity contribution is 8.18. The van der Waals surface area contributed by atoms with Crippen LogP contribution in [0, 0.1) is 0 Å². The molecule has 0 saturated carbocycles. The van der Waals surface area contributed by atoms with Crippen LogP contribution in [0.25, 0.3) is 6.08 Å². The first-order valence-corrected chi connectivity index (χ1v) is 8.34. The minimum absolute atomic E-state index is 0.151. The van der Waals surface area contributed by atoms with Crippen LogP contribution in [-0.4, -0.2) is 18.2 Å². The Hall–Kier alpha value is -1.76. The van der Waals surface area contributed by atoms with E-state index in [9.17, 15) is 4.79 Å². The van der Waals surface area contributed by atoms with Crippen molar-refractivity contribution in [3.05, 3.63) is 50.5 Å². The summed E-state index contributed by atoms with van der Waals surface area (Å²) in [7, 11) is 1.61. The molecule has 3 rings (SSSR count). The van der Waals surface area contributed by atoms with Gasteiger partial charge in [0.25, 0.3) is 5.91 Å². The lowest BCUT2D eigenvalue weighted by Gasteiger charge is -1.99. The number of nitrogens with one attached hydrogen (secondary N) is 1. The second-order valence-corrected chi connectivity index (χ2v) is 7.10.